The highest BCUT2D eigenvalue weighted by molar-refractivity contribution is 5.85. The Morgan fingerprint density at radius 3 is 2.33 bits per heavy atom. The minimum absolute atomic E-state index is 0.0471. The van der Waals surface area contributed by atoms with Crippen molar-refractivity contribution in [1.29, 1.82) is 0 Å². The molecule has 0 aromatic heterocycles. The zero-order valence-corrected chi connectivity index (χ0v) is 17.0. The van der Waals surface area contributed by atoms with E-state index in [-0.39, 0.29) is 18.4 Å². The van der Waals surface area contributed by atoms with E-state index in [4.69, 9.17) is 0 Å². The highest BCUT2D eigenvalue weighted by Gasteiger charge is 2.15. The van der Waals surface area contributed by atoms with Crippen LogP contribution in [-0.2, 0) is 16.1 Å². The van der Waals surface area contributed by atoms with E-state index in [9.17, 15) is 9.59 Å². The summed E-state index contributed by atoms with van der Waals surface area (Å²) >= 11 is 0. The molecule has 6 heteroatoms. The summed E-state index contributed by atoms with van der Waals surface area (Å²) < 4.78 is 0. The third-order valence-electron chi connectivity index (χ3n) is 4.89. The minimum atomic E-state index is -0.108. The Kier molecular flexibility index (Phi) is 8.58. The Morgan fingerprint density at radius 2 is 1.70 bits per heavy atom. The number of hydrogen-bond donors (Lipinski definition) is 1. The maximum absolute atomic E-state index is 12.3. The van der Waals surface area contributed by atoms with Gasteiger partial charge in [0.2, 0.25) is 11.8 Å². The summed E-state index contributed by atoms with van der Waals surface area (Å²) in [5, 5.41) is 2.79. The van der Waals surface area contributed by atoms with Crippen LogP contribution >= 0.6 is 0 Å². The number of anilines is 1. The molecule has 0 atom stereocenters. The second-order valence-corrected chi connectivity index (χ2v) is 7.49. The van der Waals surface area contributed by atoms with Crippen LogP contribution in [-0.4, -0.2) is 68.4 Å². The van der Waals surface area contributed by atoms with E-state index in [2.05, 4.69) is 34.5 Å². The molecule has 0 spiro atoms. The van der Waals surface area contributed by atoms with Crippen molar-refractivity contribution >= 4 is 17.5 Å². The summed E-state index contributed by atoms with van der Waals surface area (Å²) in [5.74, 6) is -0.155. The molecule has 6 nitrogen and oxygen atoms in total. The van der Waals surface area contributed by atoms with Crippen molar-refractivity contribution in [3.63, 3.8) is 0 Å². The Bertz CT molecular complexity index is 597. The molecule has 1 N–H and O–H groups in total. The van der Waals surface area contributed by atoms with Gasteiger partial charge in [0.25, 0.3) is 0 Å². The van der Waals surface area contributed by atoms with Crippen LogP contribution in [0.2, 0.25) is 0 Å². The van der Waals surface area contributed by atoms with Gasteiger partial charge in [-0.05, 0) is 50.4 Å². The summed E-state index contributed by atoms with van der Waals surface area (Å²) in [6.07, 6.45) is 4.78. The lowest BCUT2D eigenvalue weighted by Crippen LogP contribution is -2.42. The molecule has 1 heterocycles. The van der Waals surface area contributed by atoms with Crippen molar-refractivity contribution in [1.82, 2.24) is 15.1 Å². The van der Waals surface area contributed by atoms with Gasteiger partial charge in [0.05, 0.1) is 13.1 Å². The van der Waals surface area contributed by atoms with E-state index in [0.717, 1.165) is 19.5 Å². The van der Waals surface area contributed by atoms with E-state index >= 15 is 0 Å². The predicted molar refractivity (Wildman–Crippen MR) is 110 cm³/mol. The number of nitrogens with one attached hydrogen (secondary N) is 1. The Balaban J connectivity index is 1.77. The van der Waals surface area contributed by atoms with E-state index in [1.807, 2.05) is 18.9 Å². The number of likely N-dealkylation sites (N-methyl/N-ethyl adjacent to an activating group) is 2. The van der Waals surface area contributed by atoms with Crippen molar-refractivity contribution in [2.75, 3.05) is 51.7 Å². The first-order chi connectivity index (χ1) is 13.0. The first kappa shape index (κ1) is 21.2. The van der Waals surface area contributed by atoms with Crippen LogP contribution in [0.15, 0.2) is 24.3 Å². The van der Waals surface area contributed by atoms with Gasteiger partial charge in [-0.3, -0.25) is 14.5 Å². The van der Waals surface area contributed by atoms with Gasteiger partial charge < -0.3 is 15.1 Å². The fourth-order valence-electron chi connectivity index (χ4n) is 3.31. The third kappa shape index (κ3) is 7.21. The molecule has 0 unspecified atom stereocenters. The molecule has 2 amide bonds. The van der Waals surface area contributed by atoms with Crippen molar-refractivity contribution in [2.45, 2.75) is 39.2 Å². The normalized spacial score (nSPS) is 14.3. The number of piperidine rings is 1. The molecule has 0 bridgehead atoms. The molecule has 0 radical (unpaired) electrons. The fraction of sp³-hybridized carbons (Fsp3) is 0.619. The Hall–Kier alpha value is -2.08. The maximum atomic E-state index is 12.3. The van der Waals surface area contributed by atoms with Gasteiger partial charge in [0, 0.05) is 38.9 Å². The topological polar surface area (TPSA) is 55.9 Å². The van der Waals surface area contributed by atoms with E-state index in [1.54, 1.807) is 7.05 Å². The molecule has 27 heavy (non-hydrogen) atoms. The average Bonchev–Trinajstić information content (AvgIpc) is 2.67. The highest BCUT2D eigenvalue weighted by Crippen LogP contribution is 2.20. The molecule has 1 aliphatic rings. The second kappa shape index (κ2) is 10.9. The van der Waals surface area contributed by atoms with Crippen LogP contribution in [0.3, 0.4) is 0 Å². The monoisotopic (exact) mass is 374 g/mol. The van der Waals surface area contributed by atoms with Gasteiger partial charge in [0.1, 0.15) is 0 Å². The molecule has 150 valence electrons. The zero-order valence-electron chi connectivity index (χ0n) is 17.0. The Morgan fingerprint density at radius 1 is 1.04 bits per heavy atom. The summed E-state index contributed by atoms with van der Waals surface area (Å²) in [6.45, 7) is 6.06. The molecular weight excluding hydrogens is 340 g/mol. The number of hydrogen-bond acceptors (Lipinski definition) is 4. The summed E-state index contributed by atoms with van der Waals surface area (Å²) in [7, 11) is 3.61. The van der Waals surface area contributed by atoms with Crippen molar-refractivity contribution in [3.8, 4) is 0 Å². The van der Waals surface area contributed by atoms with Gasteiger partial charge in [0.15, 0.2) is 0 Å². The van der Waals surface area contributed by atoms with Crippen LogP contribution < -0.4 is 10.2 Å². The molecule has 1 saturated heterocycles. The molecule has 1 fully saturated rings. The lowest BCUT2D eigenvalue weighted by atomic mass is 10.1. The second-order valence-electron chi connectivity index (χ2n) is 7.49. The fourth-order valence-corrected chi connectivity index (χ4v) is 3.31. The van der Waals surface area contributed by atoms with E-state index in [1.165, 1.54) is 35.4 Å². The summed E-state index contributed by atoms with van der Waals surface area (Å²) in [6, 6.07) is 8.65. The van der Waals surface area contributed by atoms with Crippen molar-refractivity contribution < 1.29 is 9.59 Å². The van der Waals surface area contributed by atoms with Crippen LogP contribution in [0.1, 0.15) is 38.2 Å². The average molecular weight is 375 g/mol. The molecule has 1 aliphatic heterocycles. The van der Waals surface area contributed by atoms with E-state index in [0.29, 0.717) is 19.6 Å². The van der Waals surface area contributed by atoms with Gasteiger partial charge in [-0.1, -0.05) is 19.1 Å². The summed E-state index contributed by atoms with van der Waals surface area (Å²) in [5.41, 5.74) is 2.48. The molecule has 2 rings (SSSR count). The minimum Gasteiger partial charge on any atom is -0.372 e. The predicted octanol–water partition coefficient (Wildman–Crippen LogP) is 2.09. The third-order valence-corrected chi connectivity index (χ3v) is 4.89. The molecule has 0 saturated carbocycles. The van der Waals surface area contributed by atoms with Gasteiger partial charge in [-0.2, -0.15) is 0 Å². The number of amides is 2. The standard InChI is InChI=1S/C21H34N4O2/c1-4-12-22-20(26)16-24(3)21(27)17-23(2)15-18-8-10-19(11-9-18)25-13-6-5-7-14-25/h8-11H,4-7,12-17H2,1-3H3,(H,22,26). The number of carbonyl (C=O) groups excluding carboxylic acids is 2. The zero-order chi connectivity index (χ0) is 19.6. The van der Waals surface area contributed by atoms with Crippen molar-refractivity contribution in [2.24, 2.45) is 0 Å². The number of carbonyl (C=O) groups is 2. The number of nitrogens with zero attached hydrogens (tertiary/aromatic N) is 3. The lowest BCUT2D eigenvalue weighted by Gasteiger charge is -2.29. The first-order valence-electron chi connectivity index (χ1n) is 10.0. The van der Waals surface area contributed by atoms with Crippen LogP contribution in [0.5, 0.6) is 0 Å². The summed E-state index contributed by atoms with van der Waals surface area (Å²) in [4.78, 5) is 30.0. The Labute approximate surface area is 163 Å². The number of rotatable bonds is 9. The van der Waals surface area contributed by atoms with E-state index < -0.39 is 0 Å². The van der Waals surface area contributed by atoms with Crippen LogP contribution in [0.4, 0.5) is 5.69 Å². The molecule has 0 aliphatic carbocycles. The maximum Gasteiger partial charge on any atom is 0.239 e. The van der Waals surface area contributed by atoms with Crippen LogP contribution in [0.25, 0.3) is 0 Å². The van der Waals surface area contributed by atoms with Crippen LogP contribution in [0, 0.1) is 0 Å². The quantitative estimate of drug-likeness (QED) is 0.719. The first-order valence-corrected chi connectivity index (χ1v) is 10.0. The SMILES string of the molecule is CCCNC(=O)CN(C)C(=O)CN(C)Cc1ccc(N2CCCCC2)cc1. The van der Waals surface area contributed by atoms with Crippen molar-refractivity contribution in [3.05, 3.63) is 29.8 Å². The highest BCUT2D eigenvalue weighted by atomic mass is 16.2. The molecular formula is C21H34N4O2. The van der Waals surface area contributed by atoms with Gasteiger partial charge >= 0.3 is 0 Å². The number of benzene rings is 1. The lowest BCUT2D eigenvalue weighted by molar-refractivity contribution is -0.135. The van der Waals surface area contributed by atoms with Gasteiger partial charge in [-0.25, -0.2) is 0 Å². The largest absolute Gasteiger partial charge is 0.372 e. The smallest absolute Gasteiger partial charge is 0.239 e. The molecule has 1 aromatic carbocycles. The molecule has 1 aromatic rings. The van der Waals surface area contributed by atoms with Gasteiger partial charge in [-0.15, -0.1) is 0 Å².